The van der Waals surface area contributed by atoms with Crippen molar-refractivity contribution in [1.29, 1.82) is 0 Å². The molecule has 0 radical (unpaired) electrons. The highest BCUT2D eigenvalue weighted by molar-refractivity contribution is 5.28. The first-order valence-electron chi connectivity index (χ1n) is 9.45. The van der Waals surface area contributed by atoms with Gasteiger partial charge in [0.15, 0.2) is 0 Å². The fraction of sp³-hybridized carbons (Fsp3) is 0.478. The summed E-state index contributed by atoms with van der Waals surface area (Å²) in [4.78, 5) is 2.22. The van der Waals surface area contributed by atoms with Crippen LogP contribution >= 0.6 is 0 Å². The first kappa shape index (κ1) is 18.2. The molecule has 0 heterocycles. The summed E-state index contributed by atoms with van der Waals surface area (Å²) < 4.78 is 0. The first-order chi connectivity index (χ1) is 12.0. The number of rotatable bonds is 5. The van der Waals surface area contributed by atoms with Crippen LogP contribution in [0.15, 0.2) is 54.6 Å². The lowest BCUT2D eigenvalue weighted by Gasteiger charge is -2.44. The smallest absolute Gasteiger partial charge is 0.0936 e. The second-order valence-electron chi connectivity index (χ2n) is 8.08. The molecule has 3 atom stereocenters. The van der Waals surface area contributed by atoms with E-state index in [1.165, 1.54) is 11.1 Å². The maximum atomic E-state index is 11.6. The zero-order chi connectivity index (χ0) is 17.9. The molecule has 0 aromatic heterocycles. The number of aliphatic hydroxyl groups is 1. The second kappa shape index (κ2) is 7.72. The number of nitrogens with zero attached hydrogens (tertiary/aromatic N) is 1. The van der Waals surface area contributed by atoms with Gasteiger partial charge in [-0.05, 0) is 63.7 Å². The molecule has 1 fully saturated rings. The van der Waals surface area contributed by atoms with Gasteiger partial charge in [0.05, 0.1) is 5.60 Å². The van der Waals surface area contributed by atoms with Gasteiger partial charge in [-0.3, -0.25) is 0 Å². The number of aryl methyl sites for hydroxylation is 1. The maximum Gasteiger partial charge on any atom is 0.0936 e. The lowest BCUT2D eigenvalue weighted by atomic mass is 9.66. The van der Waals surface area contributed by atoms with Crippen molar-refractivity contribution in [2.24, 2.45) is 11.8 Å². The van der Waals surface area contributed by atoms with Crippen molar-refractivity contribution in [1.82, 2.24) is 4.90 Å². The fourth-order valence-corrected chi connectivity index (χ4v) is 4.36. The summed E-state index contributed by atoms with van der Waals surface area (Å²) in [6.45, 7) is 3.03. The lowest BCUT2D eigenvalue weighted by molar-refractivity contribution is -0.0752. The van der Waals surface area contributed by atoms with Crippen LogP contribution in [0.4, 0.5) is 0 Å². The monoisotopic (exact) mass is 337 g/mol. The SMILES string of the molecule is Cc1ccc(C2(O)CCC(Cc3ccccc3)CC2CN(C)C)cc1. The normalized spacial score (nSPS) is 26.8. The van der Waals surface area contributed by atoms with Crippen LogP contribution in [0.25, 0.3) is 0 Å². The molecular formula is C23H31NO. The molecule has 1 aliphatic carbocycles. The Labute approximate surface area is 152 Å². The van der Waals surface area contributed by atoms with Gasteiger partial charge in [-0.15, -0.1) is 0 Å². The second-order valence-corrected chi connectivity index (χ2v) is 8.08. The van der Waals surface area contributed by atoms with Gasteiger partial charge in [0.1, 0.15) is 0 Å². The highest BCUT2D eigenvalue weighted by Crippen LogP contribution is 2.45. The van der Waals surface area contributed by atoms with E-state index in [9.17, 15) is 5.11 Å². The summed E-state index contributed by atoms with van der Waals surface area (Å²) in [6, 6.07) is 19.3. The van der Waals surface area contributed by atoms with Gasteiger partial charge >= 0.3 is 0 Å². The van der Waals surface area contributed by atoms with Crippen LogP contribution in [0.3, 0.4) is 0 Å². The van der Waals surface area contributed by atoms with E-state index in [1.54, 1.807) is 0 Å². The molecule has 2 nitrogen and oxygen atoms in total. The van der Waals surface area contributed by atoms with Crippen molar-refractivity contribution in [3.8, 4) is 0 Å². The van der Waals surface area contributed by atoms with E-state index in [0.717, 1.165) is 37.8 Å². The molecule has 1 N–H and O–H groups in total. The van der Waals surface area contributed by atoms with E-state index in [-0.39, 0.29) is 5.92 Å². The standard InChI is InChI=1S/C23H31NO/c1-18-9-11-21(12-10-18)23(25)14-13-20(16-22(23)17-24(2)3)15-19-7-5-4-6-8-19/h4-12,20,22,25H,13-17H2,1-3H3. The molecular weight excluding hydrogens is 306 g/mol. The van der Waals surface area contributed by atoms with E-state index >= 15 is 0 Å². The third-order valence-electron chi connectivity index (χ3n) is 5.73. The lowest BCUT2D eigenvalue weighted by Crippen LogP contribution is -2.45. The Morgan fingerprint density at radius 2 is 1.72 bits per heavy atom. The minimum absolute atomic E-state index is 0.271. The fourth-order valence-electron chi connectivity index (χ4n) is 4.36. The van der Waals surface area contributed by atoms with Crippen LogP contribution in [-0.4, -0.2) is 30.6 Å². The quantitative estimate of drug-likeness (QED) is 0.874. The molecule has 3 rings (SSSR count). The molecule has 25 heavy (non-hydrogen) atoms. The van der Waals surface area contributed by atoms with Crippen LogP contribution in [0, 0.1) is 18.8 Å². The van der Waals surface area contributed by atoms with Crippen molar-refractivity contribution < 1.29 is 5.11 Å². The minimum atomic E-state index is -0.703. The molecule has 3 unspecified atom stereocenters. The largest absolute Gasteiger partial charge is 0.385 e. The zero-order valence-corrected chi connectivity index (χ0v) is 15.8. The average Bonchev–Trinajstić information content (AvgIpc) is 2.59. The van der Waals surface area contributed by atoms with Crippen LogP contribution in [0.1, 0.15) is 36.0 Å². The van der Waals surface area contributed by atoms with Gasteiger partial charge in [-0.25, -0.2) is 0 Å². The molecule has 0 spiro atoms. The Morgan fingerprint density at radius 1 is 1.04 bits per heavy atom. The highest BCUT2D eigenvalue weighted by Gasteiger charge is 2.43. The van der Waals surface area contributed by atoms with Crippen molar-refractivity contribution >= 4 is 0 Å². The number of hydrogen-bond acceptors (Lipinski definition) is 2. The van der Waals surface area contributed by atoms with Crippen molar-refractivity contribution in [3.05, 3.63) is 71.3 Å². The summed E-state index contributed by atoms with van der Waals surface area (Å²) in [6.07, 6.45) is 4.14. The zero-order valence-electron chi connectivity index (χ0n) is 15.8. The average molecular weight is 338 g/mol. The third kappa shape index (κ3) is 4.31. The molecule has 1 aliphatic rings. The topological polar surface area (TPSA) is 23.5 Å². The van der Waals surface area contributed by atoms with E-state index in [1.807, 2.05) is 0 Å². The summed E-state index contributed by atoms with van der Waals surface area (Å²) in [5.74, 6) is 0.922. The minimum Gasteiger partial charge on any atom is -0.385 e. The molecule has 0 saturated heterocycles. The summed E-state index contributed by atoms with van der Waals surface area (Å²) in [5.41, 5.74) is 3.04. The number of benzene rings is 2. The van der Waals surface area contributed by atoms with Gasteiger partial charge in [0.2, 0.25) is 0 Å². The summed E-state index contributed by atoms with van der Waals surface area (Å²) in [7, 11) is 4.22. The Kier molecular flexibility index (Phi) is 5.61. The predicted octanol–water partition coefficient (Wildman–Crippen LogP) is 4.40. The van der Waals surface area contributed by atoms with Crippen LogP contribution in [-0.2, 0) is 12.0 Å². The Hall–Kier alpha value is -1.64. The van der Waals surface area contributed by atoms with Gasteiger partial charge in [0, 0.05) is 12.5 Å². The molecule has 134 valence electrons. The molecule has 0 amide bonds. The molecule has 0 aliphatic heterocycles. The van der Waals surface area contributed by atoms with E-state index in [0.29, 0.717) is 5.92 Å². The predicted molar refractivity (Wildman–Crippen MR) is 105 cm³/mol. The van der Waals surface area contributed by atoms with E-state index < -0.39 is 5.60 Å². The van der Waals surface area contributed by atoms with Crippen LogP contribution < -0.4 is 0 Å². The van der Waals surface area contributed by atoms with Crippen molar-refractivity contribution in [2.75, 3.05) is 20.6 Å². The molecule has 2 aromatic carbocycles. The maximum absolute atomic E-state index is 11.6. The highest BCUT2D eigenvalue weighted by atomic mass is 16.3. The van der Waals surface area contributed by atoms with Crippen LogP contribution in [0.5, 0.6) is 0 Å². The molecule has 1 saturated carbocycles. The first-order valence-corrected chi connectivity index (χ1v) is 9.45. The summed E-state index contributed by atoms with van der Waals surface area (Å²) in [5, 5.41) is 11.6. The summed E-state index contributed by atoms with van der Waals surface area (Å²) >= 11 is 0. The Balaban J connectivity index is 1.79. The van der Waals surface area contributed by atoms with E-state index in [2.05, 4.69) is 80.5 Å². The van der Waals surface area contributed by atoms with E-state index in [4.69, 9.17) is 0 Å². The number of hydrogen-bond donors (Lipinski definition) is 1. The van der Waals surface area contributed by atoms with Gasteiger partial charge in [0.25, 0.3) is 0 Å². The molecule has 2 aromatic rings. The van der Waals surface area contributed by atoms with Crippen LogP contribution in [0.2, 0.25) is 0 Å². The third-order valence-corrected chi connectivity index (χ3v) is 5.73. The van der Waals surface area contributed by atoms with Crippen molar-refractivity contribution in [3.63, 3.8) is 0 Å². The molecule has 2 heteroatoms. The van der Waals surface area contributed by atoms with Gasteiger partial charge in [-0.1, -0.05) is 60.2 Å². The van der Waals surface area contributed by atoms with Crippen molar-refractivity contribution in [2.45, 2.75) is 38.2 Å². The molecule has 0 bridgehead atoms. The van der Waals surface area contributed by atoms with Gasteiger partial charge < -0.3 is 10.0 Å². The van der Waals surface area contributed by atoms with Gasteiger partial charge in [-0.2, -0.15) is 0 Å². The Bertz CT molecular complexity index is 664. The Morgan fingerprint density at radius 3 is 2.36 bits per heavy atom.